The highest BCUT2D eigenvalue weighted by atomic mass is 28.3. The van der Waals surface area contributed by atoms with Crippen molar-refractivity contribution in [1.29, 1.82) is 0 Å². The zero-order valence-electron chi connectivity index (χ0n) is 10.9. The van der Waals surface area contributed by atoms with E-state index in [1.54, 1.807) is 0 Å². The van der Waals surface area contributed by atoms with E-state index in [1.807, 2.05) is 0 Å². The van der Waals surface area contributed by atoms with Crippen LogP contribution in [-0.2, 0) is 9.15 Å². The highest BCUT2D eigenvalue weighted by Gasteiger charge is 2.28. The molecular weight excluding hydrogens is 216 g/mol. The van der Waals surface area contributed by atoms with Crippen LogP contribution in [0.25, 0.3) is 0 Å². The van der Waals surface area contributed by atoms with Crippen LogP contribution >= 0.6 is 0 Å². The second-order valence-corrected chi connectivity index (χ2v) is 6.77. The van der Waals surface area contributed by atoms with Gasteiger partial charge in [0.2, 0.25) is 0 Å². The molecule has 3 heteroatoms. The first-order valence-electron chi connectivity index (χ1n) is 7.25. The van der Waals surface area contributed by atoms with Crippen molar-refractivity contribution in [2.75, 3.05) is 0 Å². The maximum atomic E-state index is 4.84. The molecule has 1 rings (SSSR count). The van der Waals surface area contributed by atoms with Gasteiger partial charge in [0.05, 0.1) is 0 Å². The van der Waals surface area contributed by atoms with E-state index in [1.165, 1.54) is 76.7 Å². The van der Waals surface area contributed by atoms with Crippen molar-refractivity contribution in [2.45, 2.75) is 83.6 Å². The zero-order valence-corrected chi connectivity index (χ0v) is 12.0. The standard InChI is InChI=1S/C13H28O2Si/c1-2-3-4-5-6-7-8-9-10-11-12-13-16-14-15-16/h16H,2-13H2,1H3. The fourth-order valence-electron chi connectivity index (χ4n) is 2.11. The second kappa shape index (κ2) is 10.3. The normalized spacial score (nSPS) is 15.6. The second-order valence-electron chi connectivity index (χ2n) is 4.95. The Morgan fingerprint density at radius 2 is 1.06 bits per heavy atom. The minimum Gasteiger partial charge on any atom is -0.261 e. The molecule has 0 bridgehead atoms. The van der Waals surface area contributed by atoms with Gasteiger partial charge in [-0.25, -0.2) is 0 Å². The fraction of sp³-hybridized carbons (Fsp3) is 1.00. The molecule has 1 fully saturated rings. The number of rotatable bonds is 12. The molecule has 0 atom stereocenters. The van der Waals surface area contributed by atoms with Gasteiger partial charge in [-0.3, -0.25) is 9.15 Å². The first-order chi connectivity index (χ1) is 7.93. The lowest BCUT2D eigenvalue weighted by Crippen LogP contribution is -1.88. The predicted octanol–water partition coefficient (Wildman–Crippen LogP) is 4.48. The SMILES string of the molecule is CCCCCCCCCCCCC[SiH]1OO1. The first-order valence-corrected chi connectivity index (χ1v) is 9.01. The largest absolute Gasteiger partial charge is 0.393 e. The summed E-state index contributed by atoms with van der Waals surface area (Å²) >= 11 is 0. The Bertz CT molecular complexity index is 149. The van der Waals surface area contributed by atoms with Gasteiger partial charge in [-0.1, -0.05) is 77.6 Å². The molecule has 0 radical (unpaired) electrons. The summed E-state index contributed by atoms with van der Waals surface area (Å²) in [6.07, 6.45) is 15.6. The van der Waals surface area contributed by atoms with Crippen LogP contribution in [-0.4, -0.2) is 9.28 Å². The smallest absolute Gasteiger partial charge is 0.261 e. The van der Waals surface area contributed by atoms with Crippen LogP contribution in [0.2, 0.25) is 6.04 Å². The summed E-state index contributed by atoms with van der Waals surface area (Å²) in [5.41, 5.74) is 0. The Kier molecular flexibility index (Phi) is 9.14. The molecule has 0 aromatic carbocycles. The maximum Gasteiger partial charge on any atom is 0.393 e. The molecule has 0 unspecified atom stereocenters. The maximum absolute atomic E-state index is 4.84. The lowest BCUT2D eigenvalue weighted by Gasteiger charge is -2.01. The molecule has 1 aliphatic heterocycles. The van der Waals surface area contributed by atoms with Crippen LogP contribution in [0.15, 0.2) is 0 Å². The Balaban J connectivity index is 1.61. The van der Waals surface area contributed by atoms with E-state index in [9.17, 15) is 0 Å². The molecule has 96 valence electrons. The van der Waals surface area contributed by atoms with Gasteiger partial charge < -0.3 is 0 Å². The van der Waals surface area contributed by atoms with Gasteiger partial charge >= 0.3 is 9.28 Å². The Labute approximate surface area is 102 Å². The van der Waals surface area contributed by atoms with Gasteiger partial charge in [0.15, 0.2) is 0 Å². The Hall–Kier alpha value is 0.137. The van der Waals surface area contributed by atoms with E-state index < -0.39 is 9.28 Å². The summed E-state index contributed by atoms with van der Waals surface area (Å²) < 4.78 is 9.68. The van der Waals surface area contributed by atoms with Gasteiger partial charge in [-0.05, 0) is 6.04 Å². The quantitative estimate of drug-likeness (QED) is 0.219. The Morgan fingerprint density at radius 1 is 0.625 bits per heavy atom. The van der Waals surface area contributed by atoms with Gasteiger partial charge in [-0.2, -0.15) is 0 Å². The molecule has 0 saturated carbocycles. The summed E-state index contributed by atoms with van der Waals surface area (Å²) in [6.45, 7) is 2.28. The van der Waals surface area contributed by atoms with Crippen LogP contribution < -0.4 is 0 Å². The molecule has 2 nitrogen and oxygen atoms in total. The minimum absolute atomic E-state index is 1.00. The zero-order chi connectivity index (χ0) is 11.5. The number of hydrogen-bond donors (Lipinski definition) is 0. The van der Waals surface area contributed by atoms with Crippen molar-refractivity contribution >= 4 is 9.28 Å². The Morgan fingerprint density at radius 3 is 1.50 bits per heavy atom. The van der Waals surface area contributed by atoms with Gasteiger partial charge in [0.25, 0.3) is 0 Å². The molecule has 1 heterocycles. The van der Waals surface area contributed by atoms with Crippen molar-refractivity contribution in [2.24, 2.45) is 0 Å². The van der Waals surface area contributed by atoms with E-state index in [0.29, 0.717) is 0 Å². The van der Waals surface area contributed by atoms with Crippen LogP contribution in [0, 0.1) is 0 Å². The molecule has 16 heavy (non-hydrogen) atoms. The van der Waals surface area contributed by atoms with E-state index >= 15 is 0 Å². The lowest BCUT2D eigenvalue weighted by atomic mass is 10.1. The first kappa shape index (κ1) is 14.2. The van der Waals surface area contributed by atoms with Gasteiger partial charge in [0.1, 0.15) is 0 Å². The van der Waals surface area contributed by atoms with E-state index in [4.69, 9.17) is 9.15 Å². The van der Waals surface area contributed by atoms with Crippen molar-refractivity contribution in [1.82, 2.24) is 0 Å². The van der Waals surface area contributed by atoms with Crippen molar-refractivity contribution in [3.63, 3.8) is 0 Å². The van der Waals surface area contributed by atoms with Crippen molar-refractivity contribution < 1.29 is 9.15 Å². The van der Waals surface area contributed by atoms with Crippen LogP contribution in [0.3, 0.4) is 0 Å². The third-order valence-corrected chi connectivity index (χ3v) is 4.62. The monoisotopic (exact) mass is 244 g/mol. The average molecular weight is 244 g/mol. The van der Waals surface area contributed by atoms with E-state index in [0.717, 1.165) is 0 Å². The molecule has 0 aliphatic carbocycles. The average Bonchev–Trinajstić information content (AvgIpc) is 3.10. The summed E-state index contributed by atoms with van der Waals surface area (Å²) in [5.74, 6) is 0. The summed E-state index contributed by atoms with van der Waals surface area (Å²) in [5, 5.41) is 0. The molecule has 0 amide bonds. The van der Waals surface area contributed by atoms with Crippen LogP contribution in [0.4, 0.5) is 0 Å². The molecule has 1 saturated heterocycles. The van der Waals surface area contributed by atoms with Gasteiger partial charge in [0, 0.05) is 0 Å². The highest BCUT2D eigenvalue weighted by molar-refractivity contribution is 6.49. The van der Waals surface area contributed by atoms with E-state index in [2.05, 4.69) is 6.92 Å². The molecule has 0 spiro atoms. The third-order valence-electron chi connectivity index (χ3n) is 3.28. The molecular formula is C13H28O2Si. The topological polar surface area (TPSA) is 25.1 Å². The molecule has 0 aromatic heterocycles. The molecule has 1 aliphatic rings. The van der Waals surface area contributed by atoms with Gasteiger partial charge in [-0.15, -0.1) is 0 Å². The summed E-state index contributed by atoms with van der Waals surface area (Å²) in [6, 6.07) is 1.23. The lowest BCUT2D eigenvalue weighted by molar-refractivity contribution is 0.0850. The fourth-order valence-corrected chi connectivity index (χ4v) is 3.24. The number of unbranched alkanes of at least 4 members (excludes halogenated alkanes) is 10. The van der Waals surface area contributed by atoms with Crippen molar-refractivity contribution in [3.05, 3.63) is 0 Å². The predicted molar refractivity (Wildman–Crippen MR) is 70.6 cm³/mol. The third kappa shape index (κ3) is 9.37. The van der Waals surface area contributed by atoms with Crippen molar-refractivity contribution in [3.8, 4) is 0 Å². The molecule has 0 N–H and O–H groups in total. The molecule has 0 aromatic rings. The minimum atomic E-state index is -1.00. The highest BCUT2D eigenvalue weighted by Crippen LogP contribution is 2.17. The van der Waals surface area contributed by atoms with E-state index in [-0.39, 0.29) is 0 Å². The van der Waals surface area contributed by atoms with Crippen LogP contribution in [0.1, 0.15) is 77.6 Å². The number of hydrogen-bond acceptors (Lipinski definition) is 2. The van der Waals surface area contributed by atoms with Crippen LogP contribution in [0.5, 0.6) is 0 Å². The summed E-state index contributed by atoms with van der Waals surface area (Å²) in [4.78, 5) is 0. The summed E-state index contributed by atoms with van der Waals surface area (Å²) in [7, 11) is -1.00.